The molecule has 2 aromatic heterocycles. The second kappa shape index (κ2) is 24.1. The molecule has 13 nitrogen and oxygen atoms in total. The number of unbranched alkanes of at least 4 members (excludes halogenated alkanes) is 13. The molecule has 2 aromatic rings. The van der Waals surface area contributed by atoms with E-state index in [2.05, 4.69) is 35.7 Å². The minimum atomic E-state index is -4.50. The zero-order valence-corrected chi connectivity index (χ0v) is 32.6. The number of aliphatic hydroxyl groups excluding tert-OH is 2. The van der Waals surface area contributed by atoms with E-state index in [0.717, 1.165) is 12.2 Å². The van der Waals surface area contributed by atoms with Gasteiger partial charge < -0.3 is 30.3 Å². The number of phosphoric ester groups is 1. The highest BCUT2D eigenvalue weighted by Crippen LogP contribution is 2.44. The second-order valence-corrected chi connectivity index (χ2v) is 16.4. The predicted molar refractivity (Wildman–Crippen MR) is 199 cm³/mol. The molecular weight excluding hydrogens is 700 g/mol. The Kier molecular flexibility index (Phi) is 20.8. The first-order chi connectivity index (χ1) is 24.6. The Morgan fingerprint density at radius 2 is 1.55 bits per heavy atom. The number of nitrogen functional groups attached to an aromatic ring is 1. The summed E-state index contributed by atoms with van der Waals surface area (Å²) in [5.74, 6) is 0.939. The number of thioether (sulfide) groups is 1. The van der Waals surface area contributed by atoms with E-state index >= 15 is 0 Å². The van der Waals surface area contributed by atoms with Crippen LogP contribution in [-0.4, -0.2) is 89.9 Å². The fraction of sp³-hybridized carbons (Fsp3) is 0.857. The van der Waals surface area contributed by atoms with Crippen LogP contribution in [0.25, 0.3) is 11.2 Å². The number of phosphoric acid groups is 1. The third kappa shape index (κ3) is 15.5. The number of fused-ring (bicyclic) bond motifs is 1. The molecule has 294 valence electrons. The third-order valence-corrected chi connectivity index (χ3v) is 11.9. The van der Waals surface area contributed by atoms with Crippen LogP contribution >= 0.6 is 19.6 Å². The van der Waals surface area contributed by atoms with E-state index in [1.165, 1.54) is 107 Å². The van der Waals surface area contributed by atoms with Gasteiger partial charge in [0.1, 0.15) is 18.3 Å². The number of halogens is 1. The quantitative estimate of drug-likeness (QED) is 0.0364. The van der Waals surface area contributed by atoms with Crippen LogP contribution in [-0.2, 0) is 23.1 Å². The lowest BCUT2D eigenvalue weighted by atomic mass is 10.1. The molecule has 0 radical (unpaired) electrons. The molecule has 1 aliphatic rings. The summed E-state index contributed by atoms with van der Waals surface area (Å²) < 4.78 is 49.6. The summed E-state index contributed by atoms with van der Waals surface area (Å²) in [5, 5.41) is 21.5. The molecule has 5 N–H and O–H groups in total. The van der Waals surface area contributed by atoms with Crippen molar-refractivity contribution < 1.29 is 42.6 Å². The highest BCUT2D eigenvalue weighted by atomic mass is 32.2. The van der Waals surface area contributed by atoms with E-state index in [0.29, 0.717) is 18.3 Å². The number of imidazole rings is 1. The Labute approximate surface area is 307 Å². The lowest BCUT2D eigenvalue weighted by Gasteiger charge is -2.24. The summed E-state index contributed by atoms with van der Waals surface area (Å²) in [6, 6.07) is 0. The smallest absolute Gasteiger partial charge is 0.387 e. The molecule has 7 atom stereocenters. The van der Waals surface area contributed by atoms with E-state index < -0.39 is 45.0 Å². The van der Waals surface area contributed by atoms with Crippen molar-refractivity contribution in [1.29, 1.82) is 0 Å². The van der Waals surface area contributed by atoms with Crippen LogP contribution in [0.3, 0.4) is 0 Å². The maximum atomic E-state index is 13.8. The van der Waals surface area contributed by atoms with Crippen molar-refractivity contribution in [3.05, 3.63) is 12.4 Å². The van der Waals surface area contributed by atoms with Crippen LogP contribution in [0.1, 0.15) is 136 Å². The third-order valence-electron chi connectivity index (χ3n) is 9.30. The molecule has 0 amide bonds. The molecule has 51 heavy (non-hydrogen) atoms. The normalized spacial score (nSPS) is 21.7. The lowest BCUT2D eigenvalue weighted by molar-refractivity contribution is -0.0516. The van der Waals surface area contributed by atoms with Crippen molar-refractivity contribution in [1.82, 2.24) is 19.5 Å². The van der Waals surface area contributed by atoms with Gasteiger partial charge in [-0.15, -0.1) is 0 Å². The Balaban J connectivity index is 1.35. The Morgan fingerprint density at radius 3 is 2.22 bits per heavy atom. The van der Waals surface area contributed by atoms with Crippen molar-refractivity contribution in [3.63, 3.8) is 0 Å². The van der Waals surface area contributed by atoms with Gasteiger partial charge in [-0.3, -0.25) is 13.6 Å². The maximum Gasteiger partial charge on any atom is 0.472 e. The second-order valence-electron chi connectivity index (χ2n) is 13.6. The summed E-state index contributed by atoms with van der Waals surface area (Å²) in [4.78, 5) is 21.4. The summed E-state index contributed by atoms with van der Waals surface area (Å²) >= 11 is 2.01. The van der Waals surface area contributed by atoms with Crippen molar-refractivity contribution in [3.8, 4) is 0 Å². The maximum absolute atomic E-state index is 13.8. The molecule has 0 spiro atoms. The van der Waals surface area contributed by atoms with Gasteiger partial charge in [-0.05, 0) is 31.9 Å². The van der Waals surface area contributed by atoms with Crippen molar-refractivity contribution >= 4 is 36.6 Å². The van der Waals surface area contributed by atoms with E-state index in [1.807, 2.05) is 11.8 Å². The van der Waals surface area contributed by atoms with E-state index in [-0.39, 0.29) is 29.7 Å². The summed E-state index contributed by atoms with van der Waals surface area (Å²) in [6.45, 7) is 6.35. The molecule has 3 unspecified atom stereocenters. The molecule has 16 heteroatoms. The SMILES string of the molecule is CCCCCCCCCCCCSC(CCCCCCC)C(C)OCCCOP(=O)(O)OC[C@H]1O[C@@H](n2cnc3c(N)nc(F)nc32)[C@H](O)[C@@H]1O. The molecule has 3 rings (SSSR count). The summed E-state index contributed by atoms with van der Waals surface area (Å²) in [6.07, 6.45) is 15.7. The number of hydrogen-bond donors (Lipinski definition) is 4. The number of nitrogens with zero attached hydrogens (tertiary/aromatic N) is 4. The molecule has 0 bridgehead atoms. The largest absolute Gasteiger partial charge is 0.472 e. The monoisotopic (exact) mass is 763 g/mol. The molecular formula is C35H63FN5O8PS. The molecule has 0 saturated carbocycles. The lowest BCUT2D eigenvalue weighted by Crippen LogP contribution is -2.33. The van der Waals surface area contributed by atoms with Crippen LogP contribution in [0.5, 0.6) is 0 Å². The number of aliphatic hydroxyl groups is 2. The summed E-state index contributed by atoms with van der Waals surface area (Å²) in [7, 11) is -4.50. The minimum Gasteiger partial charge on any atom is -0.387 e. The zero-order chi connectivity index (χ0) is 37.1. The van der Waals surface area contributed by atoms with Gasteiger partial charge in [0.25, 0.3) is 0 Å². The average molecular weight is 764 g/mol. The molecule has 1 fully saturated rings. The predicted octanol–water partition coefficient (Wildman–Crippen LogP) is 7.48. The van der Waals surface area contributed by atoms with E-state index in [9.17, 15) is 24.1 Å². The van der Waals surface area contributed by atoms with E-state index in [4.69, 9.17) is 24.3 Å². The van der Waals surface area contributed by atoms with Crippen LogP contribution < -0.4 is 5.73 Å². The van der Waals surface area contributed by atoms with Crippen LogP contribution in [0.15, 0.2) is 6.33 Å². The van der Waals surface area contributed by atoms with Gasteiger partial charge >= 0.3 is 13.9 Å². The molecule has 0 aliphatic carbocycles. The van der Waals surface area contributed by atoms with E-state index in [1.54, 1.807) is 0 Å². The number of rotatable bonds is 29. The van der Waals surface area contributed by atoms with Gasteiger partial charge in [0, 0.05) is 11.9 Å². The Bertz CT molecular complexity index is 1300. The van der Waals surface area contributed by atoms with Crippen molar-refractivity contribution in [2.75, 3.05) is 31.3 Å². The first kappa shape index (κ1) is 44.0. The molecule has 1 aliphatic heterocycles. The van der Waals surface area contributed by atoms with Crippen molar-refractivity contribution in [2.45, 2.75) is 166 Å². The zero-order valence-electron chi connectivity index (χ0n) is 30.9. The number of aromatic nitrogens is 4. The van der Waals surface area contributed by atoms with Gasteiger partial charge in [0.2, 0.25) is 0 Å². The number of ether oxygens (including phenoxy) is 2. The van der Waals surface area contributed by atoms with Gasteiger partial charge in [0.05, 0.1) is 25.6 Å². The van der Waals surface area contributed by atoms with Gasteiger partial charge in [0.15, 0.2) is 23.2 Å². The van der Waals surface area contributed by atoms with Gasteiger partial charge in [-0.25, -0.2) is 9.55 Å². The standard InChI is InChI=1S/C35H63FN5O8PS/c1-4-6-8-10-11-12-13-14-16-18-23-51-28(20-17-15-9-7-5-2)26(3)46-21-19-22-47-50(44,45)48-24-27-30(42)31(43)34(49-27)41-25-38-29-32(37)39-35(36)40-33(29)41/h25-28,30-31,34,42-43H,4-24H2,1-3H3,(H,44,45)(H2,37,39,40)/t26?,27-,28?,30-,31-,34-/m1/s1. The van der Waals surface area contributed by atoms with Crippen LogP contribution in [0.2, 0.25) is 0 Å². The molecule has 0 aromatic carbocycles. The van der Waals surface area contributed by atoms with Gasteiger partial charge in [-0.2, -0.15) is 26.1 Å². The minimum absolute atomic E-state index is 0.0449. The first-order valence-corrected chi connectivity index (χ1v) is 21.6. The number of hydrogen-bond acceptors (Lipinski definition) is 12. The topological polar surface area (TPSA) is 184 Å². The fourth-order valence-corrected chi connectivity index (χ4v) is 8.37. The highest BCUT2D eigenvalue weighted by Gasteiger charge is 2.45. The first-order valence-electron chi connectivity index (χ1n) is 19.1. The molecule has 1 saturated heterocycles. The van der Waals surface area contributed by atoms with Crippen LogP contribution in [0.4, 0.5) is 10.2 Å². The highest BCUT2D eigenvalue weighted by molar-refractivity contribution is 7.99. The number of nitrogens with two attached hydrogens (primary N) is 1. The number of anilines is 1. The average Bonchev–Trinajstić information content (AvgIpc) is 3.64. The molecule has 3 heterocycles. The van der Waals surface area contributed by atoms with Crippen LogP contribution in [0, 0.1) is 6.08 Å². The summed E-state index contributed by atoms with van der Waals surface area (Å²) in [5.41, 5.74) is 5.75. The Hall–Kier alpha value is -1.42. The Morgan fingerprint density at radius 1 is 0.922 bits per heavy atom. The van der Waals surface area contributed by atoms with Crippen molar-refractivity contribution in [2.24, 2.45) is 0 Å². The fourth-order valence-electron chi connectivity index (χ4n) is 6.24. The van der Waals surface area contributed by atoms with Gasteiger partial charge in [-0.1, -0.05) is 104 Å².